The molecule has 0 saturated carbocycles. The second-order valence-electron chi connectivity index (χ2n) is 7.11. The van der Waals surface area contributed by atoms with Crippen LogP contribution in [-0.2, 0) is 20.1 Å². The number of guanidine groups is 1. The maximum Gasteiger partial charge on any atom is 0.192 e. The summed E-state index contributed by atoms with van der Waals surface area (Å²) in [5.74, 6) is 3.61. The number of hydrogen-bond acceptors (Lipinski definition) is 4. The van der Waals surface area contributed by atoms with Gasteiger partial charge < -0.3 is 15.2 Å². The molecule has 0 atom stereocenters. The summed E-state index contributed by atoms with van der Waals surface area (Å²) in [5, 5.41) is 15.1. The van der Waals surface area contributed by atoms with Gasteiger partial charge in [-0.15, -0.1) is 10.2 Å². The van der Waals surface area contributed by atoms with Crippen LogP contribution in [0.15, 0.2) is 35.3 Å². The van der Waals surface area contributed by atoms with E-state index in [1.54, 1.807) is 0 Å². The van der Waals surface area contributed by atoms with Gasteiger partial charge in [-0.2, -0.15) is 11.8 Å². The number of aryl methyl sites for hydroxylation is 1. The molecule has 7 heteroatoms. The van der Waals surface area contributed by atoms with Gasteiger partial charge in [0.25, 0.3) is 0 Å². The Morgan fingerprint density at radius 1 is 1.15 bits per heavy atom. The summed E-state index contributed by atoms with van der Waals surface area (Å²) >= 11 is 1.94. The Balaban J connectivity index is 1.94. The number of aliphatic imine (C=N–C) groups is 1. The molecule has 0 bridgehead atoms. The van der Waals surface area contributed by atoms with Crippen molar-refractivity contribution in [1.82, 2.24) is 25.4 Å². The molecule has 26 heavy (non-hydrogen) atoms. The maximum atomic E-state index is 4.71. The third-order valence-electron chi connectivity index (χ3n) is 3.79. The molecule has 0 amide bonds. The lowest BCUT2D eigenvalue weighted by molar-refractivity contribution is 0.718. The first kappa shape index (κ1) is 20.3. The van der Waals surface area contributed by atoms with Crippen LogP contribution in [-0.4, -0.2) is 37.8 Å². The van der Waals surface area contributed by atoms with Gasteiger partial charge in [0.1, 0.15) is 5.82 Å². The van der Waals surface area contributed by atoms with Crippen molar-refractivity contribution in [2.45, 2.75) is 45.5 Å². The number of aromatic nitrogens is 3. The Hall–Kier alpha value is -2.02. The van der Waals surface area contributed by atoms with Crippen molar-refractivity contribution in [3.8, 4) is 0 Å². The second kappa shape index (κ2) is 9.62. The van der Waals surface area contributed by atoms with Gasteiger partial charge in [-0.3, -0.25) is 0 Å². The molecule has 0 unspecified atom stereocenters. The van der Waals surface area contributed by atoms with Gasteiger partial charge >= 0.3 is 0 Å². The summed E-state index contributed by atoms with van der Waals surface area (Å²) in [6.07, 6.45) is 0. The molecule has 1 heterocycles. The first-order valence-corrected chi connectivity index (χ1v) is 9.88. The molecule has 0 fully saturated rings. The number of nitrogens with one attached hydrogen (secondary N) is 2. The molecule has 2 rings (SSSR count). The van der Waals surface area contributed by atoms with E-state index < -0.39 is 0 Å². The van der Waals surface area contributed by atoms with Crippen molar-refractivity contribution < 1.29 is 0 Å². The van der Waals surface area contributed by atoms with Crippen LogP contribution < -0.4 is 10.6 Å². The van der Waals surface area contributed by atoms with Crippen LogP contribution in [0.5, 0.6) is 0 Å². The topological polar surface area (TPSA) is 67.1 Å². The average Bonchev–Trinajstić information content (AvgIpc) is 2.92. The van der Waals surface area contributed by atoms with Crippen LogP contribution in [0.4, 0.5) is 0 Å². The fourth-order valence-corrected chi connectivity index (χ4v) is 3.04. The van der Waals surface area contributed by atoms with E-state index in [2.05, 4.69) is 53.7 Å². The minimum atomic E-state index is 0.270. The zero-order valence-electron chi connectivity index (χ0n) is 16.4. The predicted molar refractivity (Wildman–Crippen MR) is 110 cm³/mol. The molecular formula is C19H30N6S. The molecule has 1 aromatic carbocycles. The van der Waals surface area contributed by atoms with Gasteiger partial charge in [0.05, 0.1) is 13.1 Å². The highest BCUT2D eigenvalue weighted by Crippen LogP contribution is 2.21. The van der Waals surface area contributed by atoms with Crippen LogP contribution in [0.25, 0.3) is 0 Å². The molecule has 0 spiro atoms. The minimum Gasteiger partial charge on any atom is -0.356 e. The summed E-state index contributed by atoms with van der Waals surface area (Å²) in [5.41, 5.74) is 1.19. The monoisotopic (exact) mass is 374 g/mol. The molecule has 2 aromatic rings. The number of benzene rings is 1. The summed E-state index contributed by atoms with van der Waals surface area (Å²) < 4.78 is 2.25. The SMILES string of the molecule is Cc1nnc(CNC(=NCc2ccccc2)NCCSC(C)(C)C)n1C. The van der Waals surface area contributed by atoms with Crippen LogP contribution in [0.1, 0.15) is 38.0 Å². The standard InChI is InChI=1S/C19H30N6S/c1-15-23-24-17(25(15)5)14-22-18(20-11-12-26-19(2,3)4)21-13-16-9-7-6-8-10-16/h6-10H,11-14H2,1-5H3,(H2,20,21,22). The third-order valence-corrected chi connectivity index (χ3v) is 5.06. The van der Waals surface area contributed by atoms with E-state index in [-0.39, 0.29) is 4.75 Å². The van der Waals surface area contributed by atoms with Crippen LogP contribution >= 0.6 is 11.8 Å². The van der Waals surface area contributed by atoms with Crippen molar-refractivity contribution in [3.05, 3.63) is 47.5 Å². The molecule has 142 valence electrons. The summed E-state index contributed by atoms with van der Waals surface area (Å²) in [4.78, 5) is 4.71. The van der Waals surface area contributed by atoms with Gasteiger partial charge in [-0.25, -0.2) is 4.99 Å². The first-order chi connectivity index (χ1) is 12.3. The van der Waals surface area contributed by atoms with E-state index in [9.17, 15) is 0 Å². The van der Waals surface area contributed by atoms with E-state index in [0.29, 0.717) is 13.1 Å². The Labute approximate surface area is 160 Å². The Kier molecular flexibility index (Phi) is 7.50. The number of thioether (sulfide) groups is 1. The maximum absolute atomic E-state index is 4.71. The average molecular weight is 375 g/mol. The highest BCUT2D eigenvalue weighted by atomic mass is 32.2. The highest BCUT2D eigenvalue weighted by molar-refractivity contribution is 8.00. The highest BCUT2D eigenvalue weighted by Gasteiger charge is 2.10. The van der Waals surface area contributed by atoms with E-state index >= 15 is 0 Å². The van der Waals surface area contributed by atoms with Crippen molar-refractivity contribution in [3.63, 3.8) is 0 Å². The van der Waals surface area contributed by atoms with Crippen LogP contribution in [0.2, 0.25) is 0 Å². The number of rotatable bonds is 7. The zero-order chi connectivity index (χ0) is 19.0. The molecular weight excluding hydrogens is 344 g/mol. The molecule has 0 aliphatic heterocycles. The quantitative estimate of drug-likeness (QED) is 0.443. The second-order valence-corrected chi connectivity index (χ2v) is 9.04. The fraction of sp³-hybridized carbons (Fsp3) is 0.526. The third kappa shape index (κ3) is 7.07. The van der Waals surface area contributed by atoms with Gasteiger partial charge in [0.15, 0.2) is 11.8 Å². The fourth-order valence-electron chi connectivity index (χ4n) is 2.22. The minimum absolute atomic E-state index is 0.270. The number of hydrogen-bond donors (Lipinski definition) is 2. The van der Waals surface area contributed by atoms with Gasteiger partial charge in [-0.1, -0.05) is 51.1 Å². The molecule has 1 aromatic heterocycles. The molecule has 0 radical (unpaired) electrons. The Bertz CT molecular complexity index is 703. The summed E-state index contributed by atoms with van der Waals surface area (Å²) in [6, 6.07) is 10.3. The first-order valence-electron chi connectivity index (χ1n) is 8.90. The van der Waals surface area contributed by atoms with Crippen LogP contribution in [0.3, 0.4) is 0 Å². The summed E-state index contributed by atoms with van der Waals surface area (Å²) in [7, 11) is 1.97. The van der Waals surface area contributed by atoms with Crippen LogP contribution in [0, 0.1) is 6.92 Å². The number of nitrogens with zero attached hydrogens (tertiary/aromatic N) is 4. The molecule has 6 nitrogen and oxygen atoms in total. The van der Waals surface area contributed by atoms with E-state index in [4.69, 9.17) is 4.99 Å². The largest absolute Gasteiger partial charge is 0.356 e. The smallest absolute Gasteiger partial charge is 0.192 e. The van der Waals surface area contributed by atoms with Crippen molar-refractivity contribution in [2.24, 2.45) is 12.0 Å². The predicted octanol–water partition coefficient (Wildman–Crippen LogP) is 2.89. The van der Waals surface area contributed by atoms with Gasteiger partial charge in [0, 0.05) is 24.1 Å². The summed E-state index contributed by atoms with van der Waals surface area (Å²) in [6.45, 7) is 10.7. The normalized spacial score (nSPS) is 12.3. The zero-order valence-corrected chi connectivity index (χ0v) is 17.2. The molecule has 2 N–H and O–H groups in total. The van der Waals surface area contributed by atoms with Crippen molar-refractivity contribution in [1.29, 1.82) is 0 Å². The van der Waals surface area contributed by atoms with E-state index in [1.165, 1.54) is 5.56 Å². The van der Waals surface area contributed by atoms with Crippen molar-refractivity contribution >= 4 is 17.7 Å². The lowest BCUT2D eigenvalue weighted by Crippen LogP contribution is -2.39. The van der Waals surface area contributed by atoms with Crippen molar-refractivity contribution in [2.75, 3.05) is 12.3 Å². The lowest BCUT2D eigenvalue weighted by Gasteiger charge is -2.18. The van der Waals surface area contributed by atoms with E-state index in [0.717, 1.165) is 29.9 Å². The molecule has 0 aliphatic carbocycles. The Morgan fingerprint density at radius 3 is 2.50 bits per heavy atom. The van der Waals surface area contributed by atoms with E-state index in [1.807, 2.05) is 48.5 Å². The molecule has 0 aliphatic rings. The molecule has 0 saturated heterocycles. The van der Waals surface area contributed by atoms with Gasteiger partial charge in [-0.05, 0) is 12.5 Å². The lowest BCUT2D eigenvalue weighted by atomic mass is 10.2. The van der Waals surface area contributed by atoms with Gasteiger partial charge in [0.2, 0.25) is 0 Å². The Morgan fingerprint density at radius 2 is 1.88 bits per heavy atom.